The van der Waals surface area contributed by atoms with E-state index >= 15 is 0 Å². The lowest BCUT2D eigenvalue weighted by molar-refractivity contribution is 0.204. The van der Waals surface area contributed by atoms with E-state index in [4.69, 9.17) is 4.74 Å². The maximum absolute atomic E-state index is 14.0. The number of hydrogen-bond donors (Lipinski definition) is 1. The molecule has 1 heterocycles. The van der Waals surface area contributed by atoms with Crippen molar-refractivity contribution in [3.63, 3.8) is 0 Å². The molecule has 1 N–H and O–H groups in total. The van der Waals surface area contributed by atoms with E-state index in [1.165, 1.54) is 0 Å². The lowest BCUT2D eigenvalue weighted by atomic mass is 10.0. The summed E-state index contributed by atoms with van der Waals surface area (Å²) in [6.07, 6.45) is 1.10. The fraction of sp³-hybridized carbons (Fsp3) is 0.333. The monoisotopic (exact) mass is 281 g/mol. The summed E-state index contributed by atoms with van der Waals surface area (Å²) in [7, 11) is 0. The largest absolute Gasteiger partial charge is 0.488 e. The van der Waals surface area contributed by atoms with Gasteiger partial charge in [-0.1, -0.05) is 31.2 Å². The van der Waals surface area contributed by atoms with Crippen LogP contribution < -0.4 is 10.1 Å². The molecule has 2 aromatic carbocycles. The molecule has 2 nitrogen and oxygen atoms in total. The minimum Gasteiger partial charge on any atom is -0.488 e. The first-order valence-corrected chi connectivity index (χ1v) is 6.37. The Hall–Kier alpha value is -1.32. The van der Waals surface area contributed by atoms with Crippen LogP contribution in [0.3, 0.4) is 0 Å². The molecule has 0 amide bonds. The number of hydrogen-bond acceptors (Lipinski definition) is 2. The van der Waals surface area contributed by atoms with E-state index in [9.17, 15) is 4.39 Å². The van der Waals surface area contributed by atoms with Crippen LogP contribution in [-0.4, -0.2) is 12.6 Å². The highest BCUT2D eigenvalue weighted by atomic mass is 35.5. The third-order valence-electron chi connectivity index (χ3n) is 3.45. The van der Waals surface area contributed by atoms with Crippen LogP contribution in [0.4, 0.5) is 4.39 Å². The zero-order valence-corrected chi connectivity index (χ0v) is 11.6. The van der Waals surface area contributed by atoms with Crippen molar-refractivity contribution < 1.29 is 9.13 Å². The van der Waals surface area contributed by atoms with E-state index in [2.05, 4.69) is 12.2 Å². The molecule has 0 radical (unpaired) electrons. The molecule has 1 atom stereocenters. The first-order chi connectivity index (χ1) is 8.79. The van der Waals surface area contributed by atoms with E-state index in [-0.39, 0.29) is 24.3 Å². The second-order valence-electron chi connectivity index (χ2n) is 4.67. The predicted octanol–water partition coefficient (Wildman–Crippen LogP) is 3.66. The highest BCUT2D eigenvalue weighted by Gasteiger charge is 2.19. The van der Waals surface area contributed by atoms with Gasteiger partial charge in [0.05, 0.1) is 0 Å². The van der Waals surface area contributed by atoms with Gasteiger partial charge in [-0.15, -0.1) is 12.4 Å². The van der Waals surface area contributed by atoms with Gasteiger partial charge in [-0.25, -0.2) is 4.39 Å². The van der Waals surface area contributed by atoms with Crippen molar-refractivity contribution in [1.29, 1.82) is 0 Å². The topological polar surface area (TPSA) is 21.3 Å². The summed E-state index contributed by atoms with van der Waals surface area (Å²) in [5.74, 6) is 0.661. The number of nitrogens with one attached hydrogen (secondary N) is 1. The zero-order valence-electron chi connectivity index (χ0n) is 10.8. The predicted molar refractivity (Wildman–Crippen MR) is 77.6 cm³/mol. The van der Waals surface area contributed by atoms with Crippen LogP contribution in [0.1, 0.15) is 18.9 Å². The third-order valence-corrected chi connectivity index (χ3v) is 3.45. The molecule has 0 aliphatic carbocycles. The number of ether oxygens (including phenoxy) is 1. The molecule has 19 heavy (non-hydrogen) atoms. The summed E-state index contributed by atoms with van der Waals surface area (Å²) >= 11 is 0. The summed E-state index contributed by atoms with van der Waals surface area (Å²) < 4.78 is 20.0. The van der Waals surface area contributed by atoms with E-state index in [1.807, 2.05) is 18.2 Å². The summed E-state index contributed by atoms with van der Waals surface area (Å²) in [5, 5.41) is 4.81. The highest BCUT2D eigenvalue weighted by molar-refractivity contribution is 5.90. The van der Waals surface area contributed by atoms with E-state index in [1.54, 1.807) is 12.1 Å². The molecule has 0 saturated heterocycles. The lowest BCUT2D eigenvalue weighted by Crippen LogP contribution is -2.27. The minimum absolute atomic E-state index is 0. The average molecular weight is 282 g/mol. The smallest absolute Gasteiger partial charge is 0.132 e. The van der Waals surface area contributed by atoms with E-state index in [0.717, 1.165) is 29.7 Å². The number of fused-ring (bicyclic) bond motifs is 3. The molecule has 1 aliphatic rings. The molecule has 0 aromatic heterocycles. The van der Waals surface area contributed by atoms with Crippen molar-refractivity contribution in [1.82, 2.24) is 5.32 Å². The Labute approximate surface area is 118 Å². The van der Waals surface area contributed by atoms with Gasteiger partial charge in [-0.3, -0.25) is 0 Å². The van der Waals surface area contributed by atoms with Gasteiger partial charge < -0.3 is 10.1 Å². The fourth-order valence-corrected chi connectivity index (χ4v) is 2.43. The number of rotatable bonds is 1. The summed E-state index contributed by atoms with van der Waals surface area (Å²) in [5.41, 5.74) is 0.905. The maximum atomic E-state index is 14.0. The second kappa shape index (κ2) is 5.76. The molecular weight excluding hydrogens is 265 g/mol. The Morgan fingerprint density at radius 2 is 2.05 bits per heavy atom. The molecular formula is C15H17ClFNO. The molecule has 0 spiro atoms. The molecule has 0 bridgehead atoms. The van der Waals surface area contributed by atoms with E-state index in [0.29, 0.717) is 11.9 Å². The first-order valence-electron chi connectivity index (χ1n) is 6.37. The standard InChI is InChI=1S/C15H16FNO.ClH/c1-2-11-9-17-8-10-7-14(16)12-5-3-4-6-13(12)15(10)18-11;/h3-7,11,17H,2,8-9H2,1H3;1H/t11-;/m1./s1. The van der Waals surface area contributed by atoms with Gasteiger partial charge >= 0.3 is 0 Å². The summed E-state index contributed by atoms with van der Waals surface area (Å²) in [6, 6.07) is 9.08. The fourth-order valence-electron chi connectivity index (χ4n) is 2.43. The van der Waals surface area contributed by atoms with Crippen LogP contribution in [-0.2, 0) is 6.54 Å². The summed E-state index contributed by atoms with van der Waals surface area (Å²) in [4.78, 5) is 0. The number of benzene rings is 2. The molecule has 4 heteroatoms. The molecule has 2 aromatic rings. The quantitative estimate of drug-likeness (QED) is 0.861. The Balaban J connectivity index is 0.00000133. The molecule has 1 aliphatic heterocycles. The molecule has 102 valence electrons. The van der Waals surface area contributed by atoms with Crippen LogP contribution in [0, 0.1) is 5.82 Å². The first kappa shape index (κ1) is 14.1. The third kappa shape index (κ3) is 2.53. The van der Waals surface area contributed by atoms with Gasteiger partial charge in [-0.2, -0.15) is 0 Å². The van der Waals surface area contributed by atoms with Crippen LogP contribution in [0.15, 0.2) is 30.3 Å². The van der Waals surface area contributed by atoms with E-state index < -0.39 is 0 Å². The van der Waals surface area contributed by atoms with Crippen LogP contribution in [0.25, 0.3) is 10.8 Å². The zero-order chi connectivity index (χ0) is 12.5. The van der Waals surface area contributed by atoms with Crippen molar-refractivity contribution in [2.45, 2.75) is 26.0 Å². The Kier molecular flexibility index (Phi) is 4.27. The number of halogens is 2. The normalized spacial score (nSPS) is 18.1. The average Bonchev–Trinajstić information content (AvgIpc) is 2.61. The van der Waals surface area contributed by atoms with Crippen molar-refractivity contribution >= 4 is 23.2 Å². The van der Waals surface area contributed by atoms with Crippen LogP contribution in [0.2, 0.25) is 0 Å². The molecule has 0 fully saturated rings. The van der Waals surface area contributed by atoms with Crippen LogP contribution in [0.5, 0.6) is 5.75 Å². The molecule has 3 rings (SSSR count). The summed E-state index contributed by atoms with van der Waals surface area (Å²) in [6.45, 7) is 3.57. The van der Waals surface area contributed by atoms with Crippen molar-refractivity contribution in [2.75, 3.05) is 6.54 Å². The van der Waals surface area contributed by atoms with Gasteiger partial charge in [0.25, 0.3) is 0 Å². The Bertz CT molecular complexity index is 588. The van der Waals surface area contributed by atoms with Crippen molar-refractivity contribution in [3.05, 3.63) is 41.7 Å². The van der Waals surface area contributed by atoms with Crippen molar-refractivity contribution in [2.24, 2.45) is 0 Å². The van der Waals surface area contributed by atoms with Gasteiger partial charge in [-0.05, 0) is 12.5 Å². The van der Waals surface area contributed by atoms with Gasteiger partial charge in [0, 0.05) is 29.4 Å². The second-order valence-corrected chi connectivity index (χ2v) is 4.67. The highest BCUT2D eigenvalue weighted by Crippen LogP contribution is 2.34. The van der Waals surface area contributed by atoms with Gasteiger partial charge in [0.1, 0.15) is 17.7 Å². The SMILES string of the molecule is CC[C@@H]1CNCc2cc(F)c3ccccc3c2O1.Cl. The lowest BCUT2D eigenvalue weighted by Gasteiger charge is -2.17. The molecule has 0 unspecified atom stereocenters. The maximum Gasteiger partial charge on any atom is 0.132 e. The Morgan fingerprint density at radius 3 is 2.79 bits per heavy atom. The minimum atomic E-state index is -0.176. The molecule has 0 saturated carbocycles. The van der Waals surface area contributed by atoms with Crippen molar-refractivity contribution in [3.8, 4) is 5.75 Å². The van der Waals surface area contributed by atoms with Crippen LogP contribution >= 0.6 is 12.4 Å². The van der Waals surface area contributed by atoms with Gasteiger partial charge in [0.2, 0.25) is 0 Å². The van der Waals surface area contributed by atoms with Gasteiger partial charge in [0.15, 0.2) is 0 Å². The Morgan fingerprint density at radius 1 is 1.32 bits per heavy atom.